The van der Waals surface area contributed by atoms with Gasteiger partial charge >= 0.3 is 6.09 Å². The molecule has 6 nitrogen and oxygen atoms in total. The molecular formula is C25H41N3O3. The van der Waals surface area contributed by atoms with Gasteiger partial charge in [0.1, 0.15) is 0 Å². The van der Waals surface area contributed by atoms with Gasteiger partial charge in [0.05, 0.1) is 18.8 Å². The highest BCUT2D eigenvalue weighted by atomic mass is 16.6. The van der Waals surface area contributed by atoms with Gasteiger partial charge < -0.3 is 19.7 Å². The lowest BCUT2D eigenvalue weighted by Crippen LogP contribution is -2.47. The molecule has 3 rings (SSSR count). The summed E-state index contributed by atoms with van der Waals surface area (Å²) in [7, 11) is 0. The summed E-state index contributed by atoms with van der Waals surface area (Å²) >= 11 is 0. The lowest BCUT2D eigenvalue weighted by molar-refractivity contribution is -0.0848. The quantitative estimate of drug-likeness (QED) is 0.660. The summed E-state index contributed by atoms with van der Waals surface area (Å²) in [6, 6.07) is 9.08. The van der Waals surface area contributed by atoms with Gasteiger partial charge in [0.25, 0.3) is 0 Å². The fourth-order valence-electron chi connectivity index (χ4n) is 4.77. The van der Waals surface area contributed by atoms with Crippen molar-refractivity contribution in [2.24, 2.45) is 5.41 Å². The number of piperidine rings is 1. The third-order valence-electron chi connectivity index (χ3n) is 6.83. The van der Waals surface area contributed by atoms with E-state index in [2.05, 4.69) is 53.2 Å². The number of anilines is 1. The van der Waals surface area contributed by atoms with Crippen LogP contribution in [0.5, 0.6) is 0 Å². The first-order valence-electron chi connectivity index (χ1n) is 12.1. The molecule has 1 spiro atoms. The van der Waals surface area contributed by atoms with Crippen molar-refractivity contribution in [3.8, 4) is 0 Å². The molecule has 2 heterocycles. The van der Waals surface area contributed by atoms with E-state index in [1.807, 2.05) is 13.8 Å². The number of carbonyl (C=O) groups excluding carboxylic acids is 1. The molecular weight excluding hydrogens is 390 g/mol. The second-order valence-corrected chi connectivity index (χ2v) is 9.42. The van der Waals surface area contributed by atoms with Crippen LogP contribution in [-0.4, -0.2) is 62.5 Å². The van der Waals surface area contributed by atoms with Crippen LogP contribution in [0.15, 0.2) is 24.3 Å². The molecule has 1 amide bonds. The van der Waals surface area contributed by atoms with Crippen LogP contribution in [0, 0.1) is 5.41 Å². The van der Waals surface area contributed by atoms with E-state index in [4.69, 9.17) is 9.47 Å². The van der Waals surface area contributed by atoms with E-state index in [9.17, 15) is 4.79 Å². The Morgan fingerprint density at radius 2 is 1.87 bits per heavy atom. The van der Waals surface area contributed by atoms with E-state index >= 15 is 0 Å². The van der Waals surface area contributed by atoms with Crippen molar-refractivity contribution >= 4 is 11.8 Å². The molecule has 2 saturated heterocycles. The summed E-state index contributed by atoms with van der Waals surface area (Å²) < 4.78 is 11.3. The number of ether oxygens (including phenoxy) is 2. The van der Waals surface area contributed by atoms with Gasteiger partial charge in [-0.3, -0.25) is 4.90 Å². The minimum absolute atomic E-state index is 0.0963. The molecule has 0 aromatic heterocycles. The van der Waals surface area contributed by atoms with Crippen LogP contribution in [0.4, 0.5) is 10.5 Å². The van der Waals surface area contributed by atoms with Gasteiger partial charge in [-0.1, -0.05) is 12.1 Å². The highest BCUT2D eigenvalue weighted by molar-refractivity contribution is 5.67. The molecule has 0 radical (unpaired) electrons. The van der Waals surface area contributed by atoms with E-state index in [0.717, 1.165) is 45.8 Å². The predicted molar refractivity (Wildman–Crippen MR) is 126 cm³/mol. The SMILES string of the molecule is CCN(CC)c1ccc(CN2CCC3(CCC(CNC(=O)OC(C)C)OC3)CC2)cc1. The minimum atomic E-state index is -0.350. The number of hydrogen-bond acceptors (Lipinski definition) is 5. The van der Waals surface area contributed by atoms with Gasteiger partial charge in [0, 0.05) is 31.9 Å². The van der Waals surface area contributed by atoms with Gasteiger partial charge in [0.15, 0.2) is 0 Å². The Balaban J connectivity index is 1.39. The Hall–Kier alpha value is -1.79. The number of likely N-dealkylation sites (tertiary alicyclic amines) is 1. The first-order valence-corrected chi connectivity index (χ1v) is 12.1. The van der Waals surface area contributed by atoms with Crippen LogP contribution in [0.3, 0.4) is 0 Å². The second-order valence-electron chi connectivity index (χ2n) is 9.42. The molecule has 1 aromatic carbocycles. The number of nitrogens with zero attached hydrogens (tertiary/aromatic N) is 2. The van der Waals surface area contributed by atoms with Crippen molar-refractivity contribution in [3.05, 3.63) is 29.8 Å². The molecule has 1 N–H and O–H groups in total. The van der Waals surface area contributed by atoms with E-state index in [1.54, 1.807) is 0 Å². The average molecular weight is 432 g/mol. The third-order valence-corrected chi connectivity index (χ3v) is 6.83. The molecule has 2 fully saturated rings. The topological polar surface area (TPSA) is 54.0 Å². The molecule has 174 valence electrons. The Morgan fingerprint density at radius 1 is 1.19 bits per heavy atom. The highest BCUT2D eigenvalue weighted by Crippen LogP contribution is 2.40. The smallest absolute Gasteiger partial charge is 0.407 e. The number of carbonyl (C=O) groups is 1. The maximum absolute atomic E-state index is 11.7. The zero-order chi connectivity index (χ0) is 22.3. The molecule has 1 unspecified atom stereocenters. The average Bonchev–Trinajstić information content (AvgIpc) is 2.77. The molecule has 0 saturated carbocycles. The van der Waals surface area contributed by atoms with E-state index in [0.29, 0.717) is 12.0 Å². The van der Waals surface area contributed by atoms with Gasteiger partial charge in [-0.15, -0.1) is 0 Å². The summed E-state index contributed by atoms with van der Waals surface area (Å²) in [5, 5.41) is 2.83. The van der Waals surface area contributed by atoms with Crippen molar-refractivity contribution in [2.75, 3.05) is 44.2 Å². The minimum Gasteiger partial charge on any atom is -0.447 e. The van der Waals surface area contributed by atoms with Gasteiger partial charge in [-0.25, -0.2) is 4.79 Å². The number of hydrogen-bond donors (Lipinski definition) is 1. The van der Waals surface area contributed by atoms with Crippen molar-refractivity contribution in [1.82, 2.24) is 10.2 Å². The first kappa shape index (κ1) is 23.9. The molecule has 2 aliphatic heterocycles. The Morgan fingerprint density at radius 3 is 2.42 bits per heavy atom. The van der Waals surface area contributed by atoms with Crippen LogP contribution >= 0.6 is 0 Å². The zero-order valence-electron chi connectivity index (χ0n) is 19.9. The maximum Gasteiger partial charge on any atom is 0.407 e. The molecule has 6 heteroatoms. The highest BCUT2D eigenvalue weighted by Gasteiger charge is 2.38. The lowest BCUT2D eigenvalue weighted by Gasteiger charge is -2.45. The number of benzene rings is 1. The molecule has 0 bridgehead atoms. The lowest BCUT2D eigenvalue weighted by atomic mass is 9.73. The Labute approximate surface area is 188 Å². The normalized spacial score (nSPS) is 21.3. The number of nitrogens with one attached hydrogen (secondary N) is 1. The zero-order valence-corrected chi connectivity index (χ0v) is 19.9. The molecule has 31 heavy (non-hydrogen) atoms. The Kier molecular flexibility index (Phi) is 8.61. The standard InChI is InChI=1S/C25H41N3O3/c1-5-28(6-2)22-9-7-21(8-10-22)18-27-15-13-25(14-16-27)12-11-23(30-19-25)17-26-24(29)31-20(3)4/h7-10,20,23H,5-6,11-19H2,1-4H3,(H,26,29). The fourth-order valence-corrected chi connectivity index (χ4v) is 4.77. The molecule has 0 aliphatic carbocycles. The molecule has 1 atom stereocenters. The van der Waals surface area contributed by atoms with Crippen LogP contribution in [0.1, 0.15) is 58.9 Å². The monoisotopic (exact) mass is 431 g/mol. The van der Waals surface area contributed by atoms with E-state index in [-0.39, 0.29) is 18.3 Å². The fraction of sp³-hybridized carbons (Fsp3) is 0.720. The second kappa shape index (κ2) is 11.2. The van der Waals surface area contributed by atoms with Crippen LogP contribution in [0.25, 0.3) is 0 Å². The van der Waals surface area contributed by atoms with Gasteiger partial charge in [-0.05, 0) is 89.6 Å². The molecule has 2 aliphatic rings. The third kappa shape index (κ3) is 6.84. The summed E-state index contributed by atoms with van der Waals surface area (Å²) in [5.41, 5.74) is 3.02. The van der Waals surface area contributed by atoms with Crippen LogP contribution in [0.2, 0.25) is 0 Å². The van der Waals surface area contributed by atoms with Crippen molar-refractivity contribution in [2.45, 2.75) is 72.1 Å². The van der Waals surface area contributed by atoms with Crippen molar-refractivity contribution < 1.29 is 14.3 Å². The van der Waals surface area contributed by atoms with Gasteiger partial charge in [-0.2, -0.15) is 0 Å². The predicted octanol–water partition coefficient (Wildman–Crippen LogP) is 4.43. The summed E-state index contributed by atoms with van der Waals surface area (Å²) in [6.45, 7) is 14.8. The number of amides is 1. The van der Waals surface area contributed by atoms with E-state index < -0.39 is 0 Å². The maximum atomic E-state index is 11.7. The van der Waals surface area contributed by atoms with E-state index in [1.165, 1.54) is 30.5 Å². The first-order chi connectivity index (χ1) is 14.9. The summed E-state index contributed by atoms with van der Waals surface area (Å²) in [5.74, 6) is 0. The largest absolute Gasteiger partial charge is 0.447 e. The van der Waals surface area contributed by atoms with Gasteiger partial charge in [0.2, 0.25) is 0 Å². The van der Waals surface area contributed by atoms with Crippen molar-refractivity contribution in [1.29, 1.82) is 0 Å². The van der Waals surface area contributed by atoms with Crippen LogP contribution < -0.4 is 10.2 Å². The molecule has 1 aromatic rings. The van der Waals surface area contributed by atoms with Crippen LogP contribution in [-0.2, 0) is 16.0 Å². The van der Waals surface area contributed by atoms with Crippen molar-refractivity contribution in [3.63, 3.8) is 0 Å². The summed E-state index contributed by atoms with van der Waals surface area (Å²) in [4.78, 5) is 16.6. The number of alkyl carbamates (subject to hydrolysis) is 1. The number of rotatable bonds is 8. The Bertz CT molecular complexity index is 670. The summed E-state index contributed by atoms with van der Waals surface area (Å²) in [6.07, 6.45) is 4.24.